The number of hydrogen-bond acceptors (Lipinski definition) is 7. The molecule has 2 aromatic carbocycles. The van der Waals surface area contributed by atoms with Gasteiger partial charge in [-0.15, -0.1) is 10.2 Å². The summed E-state index contributed by atoms with van der Waals surface area (Å²) in [7, 11) is 0. The third-order valence-electron chi connectivity index (χ3n) is 4.91. The van der Waals surface area contributed by atoms with Gasteiger partial charge in [-0.05, 0) is 49.4 Å². The number of furan rings is 1. The van der Waals surface area contributed by atoms with E-state index in [1.165, 1.54) is 29.0 Å². The number of fused-ring (bicyclic) bond motifs is 1. The molecule has 0 spiro atoms. The molecule has 0 aliphatic rings. The van der Waals surface area contributed by atoms with Crippen LogP contribution in [0.25, 0.3) is 10.8 Å². The van der Waals surface area contributed by atoms with Crippen LogP contribution in [0.2, 0.25) is 0 Å². The van der Waals surface area contributed by atoms with Crippen LogP contribution < -0.4 is 9.47 Å². The Labute approximate surface area is 193 Å². The highest BCUT2D eigenvalue weighted by atomic mass is 16.5. The van der Waals surface area contributed by atoms with Crippen molar-refractivity contribution < 1.29 is 33.7 Å². The third-order valence-corrected chi connectivity index (χ3v) is 4.91. The van der Waals surface area contributed by atoms with Crippen molar-refractivity contribution in [2.45, 2.75) is 13.5 Å². The van der Waals surface area contributed by atoms with Crippen LogP contribution in [-0.2, 0) is 11.3 Å². The van der Waals surface area contributed by atoms with Gasteiger partial charge in [-0.2, -0.15) is 0 Å². The van der Waals surface area contributed by atoms with Crippen LogP contribution in [-0.4, -0.2) is 39.8 Å². The molecular formula is C24H21N3O7. The minimum absolute atomic E-state index is 0.0807. The number of aromatic nitrogens is 1. The van der Waals surface area contributed by atoms with Crippen LogP contribution in [0, 0.1) is 0 Å². The van der Waals surface area contributed by atoms with E-state index in [9.17, 15) is 19.8 Å². The van der Waals surface area contributed by atoms with Crippen molar-refractivity contribution in [2.75, 3.05) is 13.2 Å². The molecule has 2 N–H and O–H groups in total. The highest BCUT2D eigenvalue weighted by Gasteiger charge is 2.19. The molecular weight excluding hydrogens is 442 g/mol. The van der Waals surface area contributed by atoms with Gasteiger partial charge in [-0.1, -0.05) is 12.1 Å². The number of hydrogen-bond donors (Lipinski definition) is 2. The van der Waals surface area contributed by atoms with Crippen molar-refractivity contribution in [2.24, 2.45) is 10.2 Å². The Morgan fingerprint density at radius 2 is 1.68 bits per heavy atom. The van der Waals surface area contributed by atoms with E-state index >= 15 is 0 Å². The van der Waals surface area contributed by atoms with Gasteiger partial charge in [0.2, 0.25) is 11.8 Å². The van der Waals surface area contributed by atoms with E-state index in [2.05, 4.69) is 10.2 Å². The minimum atomic E-state index is -0.789. The maximum atomic E-state index is 12.4. The van der Waals surface area contributed by atoms with Crippen molar-refractivity contribution in [1.82, 2.24) is 4.57 Å². The first-order valence-electron chi connectivity index (χ1n) is 10.4. The van der Waals surface area contributed by atoms with Gasteiger partial charge in [0.15, 0.2) is 18.1 Å². The Balaban J connectivity index is 1.45. The van der Waals surface area contributed by atoms with Crippen molar-refractivity contribution in [3.63, 3.8) is 0 Å². The predicted octanol–water partition coefficient (Wildman–Crippen LogP) is 4.29. The quantitative estimate of drug-likeness (QED) is 0.372. The second-order valence-electron chi connectivity index (χ2n) is 7.14. The molecule has 0 aliphatic carbocycles. The molecule has 10 nitrogen and oxygen atoms in total. The molecule has 174 valence electrons. The number of carbonyl (C=O) groups excluding carboxylic acids is 2. The van der Waals surface area contributed by atoms with E-state index in [1.807, 2.05) is 6.92 Å². The normalized spacial score (nSPS) is 11.2. The minimum Gasteiger partial charge on any atom is -0.494 e. The second-order valence-corrected chi connectivity index (χ2v) is 7.14. The molecule has 0 unspecified atom stereocenters. The second kappa shape index (κ2) is 9.90. The molecule has 2 amide bonds. The number of nitrogens with zero attached hydrogens (tertiary/aromatic N) is 3. The fraction of sp³-hybridized carbons (Fsp3) is 0.167. The zero-order valence-corrected chi connectivity index (χ0v) is 18.2. The molecule has 0 saturated carbocycles. The monoisotopic (exact) mass is 463 g/mol. The lowest BCUT2D eigenvalue weighted by molar-refractivity contribution is -0.120. The third kappa shape index (κ3) is 4.75. The number of carbonyl (C=O) groups is 2. The summed E-state index contributed by atoms with van der Waals surface area (Å²) in [5.41, 5.74) is 0.0807. The molecule has 0 atom stereocenters. The molecule has 34 heavy (non-hydrogen) atoms. The maximum absolute atomic E-state index is 12.4. The first kappa shape index (κ1) is 22.6. The largest absolute Gasteiger partial charge is 0.494 e. The Hall–Kier alpha value is -4.60. The highest BCUT2D eigenvalue weighted by molar-refractivity contribution is 6.02. The van der Waals surface area contributed by atoms with Crippen LogP contribution >= 0.6 is 0 Å². The zero-order chi connectivity index (χ0) is 24.1. The summed E-state index contributed by atoms with van der Waals surface area (Å²) >= 11 is 0. The number of rotatable bonds is 8. The summed E-state index contributed by atoms with van der Waals surface area (Å²) in [6.45, 7) is 1.94. The molecule has 0 fully saturated rings. The van der Waals surface area contributed by atoms with Crippen LogP contribution in [0.1, 0.15) is 23.0 Å². The van der Waals surface area contributed by atoms with Gasteiger partial charge >= 0.3 is 5.91 Å². The first-order chi connectivity index (χ1) is 16.5. The van der Waals surface area contributed by atoms with Crippen LogP contribution in [0.4, 0.5) is 0 Å². The summed E-state index contributed by atoms with van der Waals surface area (Å²) in [6.07, 6.45) is 1.48. The summed E-state index contributed by atoms with van der Waals surface area (Å²) in [5.74, 6) is -0.577. The lowest BCUT2D eigenvalue weighted by Gasteiger charge is -2.09. The van der Waals surface area contributed by atoms with Gasteiger partial charge in [-0.25, -0.2) is 0 Å². The highest BCUT2D eigenvalue weighted by Crippen LogP contribution is 2.37. The van der Waals surface area contributed by atoms with E-state index in [-0.39, 0.29) is 29.3 Å². The molecule has 2 aromatic heterocycles. The average Bonchev–Trinajstić information content (AvgIpc) is 3.45. The average molecular weight is 463 g/mol. The topological polar surface area (TPSA) is 136 Å². The van der Waals surface area contributed by atoms with Crippen molar-refractivity contribution in [3.8, 4) is 23.3 Å². The maximum Gasteiger partial charge on any atom is 0.302 e. The number of benzene rings is 2. The number of para-hydroxylation sites is 2. The molecule has 10 heteroatoms. The number of azo groups is 1. The van der Waals surface area contributed by atoms with Crippen molar-refractivity contribution in [3.05, 3.63) is 72.2 Å². The smallest absolute Gasteiger partial charge is 0.302 e. The van der Waals surface area contributed by atoms with E-state index in [0.717, 1.165) is 0 Å². The predicted molar refractivity (Wildman–Crippen MR) is 120 cm³/mol. The van der Waals surface area contributed by atoms with Gasteiger partial charge < -0.3 is 24.1 Å². The first-order valence-corrected chi connectivity index (χ1v) is 10.4. The summed E-state index contributed by atoms with van der Waals surface area (Å²) in [6, 6.07) is 14.5. The van der Waals surface area contributed by atoms with Crippen molar-refractivity contribution >= 4 is 22.6 Å². The van der Waals surface area contributed by atoms with Gasteiger partial charge in [0.25, 0.3) is 5.91 Å². The van der Waals surface area contributed by atoms with Gasteiger partial charge in [0, 0.05) is 16.3 Å². The van der Waals surface area contributed by atoms with E-state index < -0.39 is 18.4 Å². The summed E-state index contributed by atoms with van der Waals surface area (Å²) < 4.78 is 17.3. The lowest BCUT2D eigenvalue weighted by atomic mass is 10.1. The summed E-state index contributed by atoms with van der Waals surface area (Å²) in [5, 5.41) is 28.4. The lowest BCUT2D eigenvalue weighted by Crippen LogP contribution is -2.09. The van der Waals surface area contributed by atoms with Crippen LogP contribution in [0.3, 0.4) is 0 Å². The molecule has 0 saturated heterocycles. The Morgan fingerprint density at radius 1 is 0.941 bits per heavy atom. The number of amides is 2. The fourth-order valence-corrected chi connectivity index (χ4v) is 3.33. The summed E-state index contributed by atoms with van der Waals surface area (Å²) in [4.78, 5) is 24.4. The zero-order valence-electron chi connectivity index (χ0n) is 18.2. The Morgan fingerprint density at radius 3 is 2.38 bits per heavy atom. The number of aromatic hydroxyl groups is 2. The van der Waals surface area contributed by atoms with Crippen LogP contribution in [0.5, 0.6) is 23.3 Å². The SMILES string of the molecule is CCOc1ccccc1OCC(=O)N=NC(=O)c1ccc2c(O)n(Cc3ccco3)c(O)c2c1. The molecule has 0 aliphatic heterocycles. The molecule has 0 radical (unpaired) electrons. The van der Waals surface area contributed by atoms with E-state index in [4.69, 9.17) is 13.9 Å². The standard InChI is InChI=1S/C24H21N3O7/c1-2-32-19-7-3-4-8-20(19)34-14-21(28)25-26-22(29)15-9-10-17-18(12-15)24(31)27(23(17)30)13-16-6-5-11-33-16/h3-12,30-31H,2,13-14H2,1H3. The molecule has 4 aromatic rings. The molecule has 0 bridgehead atoms. The molecule has 4 rings (SSSR count). The van der Waals surface area contributed by atoms with E-state index in [1.54, 1.807) is 36.4 Å². The van der Waals surface area contributed by atoms with Crippen molar-refractivity contribution in [1.29, 1.82) is 0 Å². The fourth-order valence-electron chi connectivity index (χ4n) is 3.33. The van der Waals surface area contributed by atoms with Gasteiger partial charge in [0.05, 0.1) is 19.4 Å². The Bertz CT molecular complexity index is 1360. The Kier molecular flexibility index (Phi) is 6.58. The van der Waals surface area contributed by atoms with Gasteiger partial charge in [0.1, 0.15) is 5.76 Å². The van der Waals surface area contributed by atoms with Crippen LogP contribution in [0.15, 0.2) is 75.5 Å². The van der Waals surface area contributed by atoms with Gasteiger partial charge in [-0.3, -0.25) is 14.2 Å². The number of ether oxygens (including phenoxy) is 2. The molecule has 2 heterocycles. The van der Waals surface area contributed by atoms with E-state index in [0.29, 0.717) is 29.3 Å².